The van der Waals surface area contributed by atoms with Gasteiger partial charge in [0, 0.05) is 35.4 Å². The number of hydrogen-bond acceptors (Lipinski definition) is 7. The van der Waals surface area contributed by atoms with Gasteiger partial charge in [-0.2, -0.15) is 10.1 Å². The van der Waals surface area contributed by atoms with Crippen molar-refractivity contribution >= 4 is 28.8 Å². The molecule has 0 N–H and O–H groups in total. The molecule has 0 amide bonds. The summed E-state index contributed by atoms with van der Waals surface area (Å²) >= 11 is 12.7. The van der Waals surface area contributed by atoms with Crippen molar-refractivity contribution in [1.29, 1.82) is 0 Å². The Labute approximate surface area is 192 Å². The Kier molecular flexibility index (Phi) is 4.67. The maximum Gasteiger partial charge on any atom is 0.214 e. The normalized spacial score (nSPS) is 14.2. The lowest BCUT2D eigenvalue weighted by Crippen LogP contribution is -2.34. The molecule has 1 aliphatic heterocycles. The van der Waals surface area contributed by atoms with Crippen LogP contribution in [0.15, 0.2) is 53.8 Å². The van der Waals surface area contributed by atoms with E-state index in [0.29, 0.717) is 29.0 Å². The summed E-state index contributed by atoms with van der Waals surface area (Å²) in [6, 6.07) is 9.33. The number of hydrogen-bond donors (Lipinski definition) is 0. The van der Waals surface area contributed by atoms with Crippen molar-refractivity contribution in [2.24, 2.45) is 0 Å². The fourth-order valence-corrected chi connectivity index (χ4v) is 4.53. The zero-order valence-electron chi connectivity index (χ0n) is 16.7. The van der Waals surface area contributed by atoms with Crippen LogP contribution in [0.5, 0.6) is 0 Å². The van der Waals surface area contributed by atoms with Gasteiger partial charge in [0.2, 0.25) is 12.2 Å². The summed E-state index contributed by atoms with van der Waals surface area (Å²) in [6.07, 6.45) is 4.89. The molecule has 0 fully saturated rings. The molecule has 5 heterocycles. The Morgan fingerprint density at radius 1 is 1.06 bits per heavy atom. The molecule has 11 heteroatoms. The van der Waals surface area contributed by atoms with E-state index in [1.165, 1.54) is 6.39 Å². The quantitative estimate of drug-likeness (QED) is 0.395. The van der Waals surface area contributed by atoms with E-state index in [-0.39, 0.29) is 0 Å². The van der Waals surface area contributed by atoms with Gasteiger partial charge >= 0.3 is 0 Å². The van der Waals surface area contributed by atoms with Gasteiger partial charge in [-0.25, -0.2) is 14.6 Å². The first-order valence-electron chi connectivity index (χ1n) is 9.98. The average Bonchev–Trinajstić information content (AvgIpc) is 3.54. The minimum absolute atomic E-state index is 0.517. The third-order valence-corrected chi connectivity index (χ3v) is 6.13. The van der Waals surface area contributed by atoms with Crippen LogP contribution < -0.4 is 0 Å². The molecule has 0 saturated carbocycles. The number of nitrogens with zero attached hydrogens (tertiary/aromatic N) is 8. The first-order chi connectivity index (χ1) is 15.7. The summed E-state index contributed by atoms with van der Waals surface area (Å²) in [7, 11) is 0. The molecule has 5 aromatic rings. The Morgan fingerprint density at radius 2 is 2.00 bits per heavy atom. The second kappa shape index (κ2) is 7.70. The predicted octanol–water partition coefficient (Wildman–Crippen LogP) is 3.97. The summed E-state index contributed by atoms with van der Waals surface area (Å²) < 4.78 is 8.92. The Hall–Kier alpha value is -3.27. The summed E-state index contributed by atoms with van der Waals surface area (Å²) in [6.45, 7) is 2.99. The number of rotatable bonds is 4. The number of imidazole rings is 1. The largest absolute Gasteiger partial charge is 0.342 e. The van der Waals surface area contributed by atoms with Crippen LogP contribution in [0.25, 0.3) is 28.3 Å². The third kappa shape index (κ3) is 3.35. The van der Waals surface area contributed by atoms with Gasteiger partial charge in [0.25, 0.3) is 0 Å². The molecule has 0 spiro atoms. The van der Waals surface area contributed by atoms with Crippen molar-refractivity contribution in [1.82, 2.24) is 39.2 Å². The van der Waals surface area contributed by atoms with Crippen LogP contribution in [0.4, 0.5) is 0 Å². The molecular weight excluding hydrogens is 451 g/mol. The lowest BCUT2D eigenvalue weighted by atomic mass is 10.1. The molecular formula is C21H16Cl2N8O. The molecule has 160 valence electrons. The van der Waals surface area contributed by atoms with Gasteiger partial charge in [-0.15, -0.1) is 0 Å². The minimum Gasteiger partial charge on any atom is -0.342 e. The molecule has 32 heavy (non-hydrogen) atoms. The first kappa shape index (κ1) is 19.4. The number of benzene rings is 1. The van der Waals surface area contributed by atoms with Crippen LogP contribution in [-0.4, -0.2) is 45.7 Å². The van der Waals surface area contributed by atoms with Gasteiger partial charge in [-0.1, -0.05) is 28.4 Å². The van der Waals surface area contributed by atoms with E-state index in [1.54, 1.807) is 12.4 Å². The summed E-state index contributed by atoms with van der Waals surface area (Å²) in [4.78, 5) is 15.8. The molecule has 1 aliphatic rings. The lowest BCUT2D eigenvalue weighted by molar-refractivity contribution is 0.199. The first-order valence-corrected chi connectivity index (χ1v) is 10.7. The summed E-state index contributed by atoms with van der Waals surface area (Å²) in [5.74, 6) is 1.47. The Morgan fingerprint density at radius 3 is 2.84 bits per heavy atom. The predicted molar refractivity (Wildman–Crippen MR) is 118 cm³/mol. The zero-order valence-corrected chi connectivity index (χ0v) is 18.2. The molecule has 4 aromatic heterocycles. The summed E-state index contributed by atoms with van der Waals surface area (Å²) in [5.41, 5.74) is 4.27. The van der Waals surface area contributed by atoms with Crippen LogP contribution in [-0.2, 0) is 19.6 Å². The monoisotopic (exact) mass is 466 g/mol. The highest BCUT2D eigenvalue weighted by Crippen LogP contribution is 2.34. The summed E-state index contributed by atoms with van der Waals surface area (Å²) in [5, 5.41) is 9.37. The molecule has 0 radical (unpaired) electrons. The number of aromatic nitrogens is 7. The molecule has 0 bridgehead atoms. The highest BCUT2D eigenvalue weighted by Gasteiger charge is 2.23. The van der Waals surface area contributed by atoms with E-state index in [9.17, 15) is 0 Å². The van der Waals surface area contributed by atoms with E-state index in [0.717, 1.165) is 47.1 Å². The average molecular weight is 467 g/mol. The molecule has 0 unspecified atom stereocenters. The van der Waals surface area contributed by atoms with E-state index >= 15 is 0 Å². The minimum atomic E-state index is 0.517. The van der Waals surface area contributed by atoms with Gasteiger partial charge in [-0.05, 0) is 30.3 Å². The number of fused-ring (bicyclic) bond motifs is 2. The van der Waals surface area contributed by atoms with Gasteiger partial charge in [-0.3, -0.25) is 4.90 Å². The van der Waals surface area contributed by atoms with E-state index in [4.69, 9.17) is 32.7 Å². The van der Waals surface area contributed by atoms with Crippen LogP contribution in [0.2, 0.25) is 10.0 Å². The molecule has 9 nitrogen and oxygen atoms in total. The Balaban J connectivity index is 1.48. The fraction of sp³-hybridized carbons (Fsp3) is 0.190. The van der Waals surface area contributed by atoms with Crippen molar-refractivity contribution in [3.8, 4) is 22.6 Å². The van der Waals surface area contributed by atoms with E-state index < -0.39 is 0 Å². The maximum atomic E-state index is 6.57. The van der Waals surface area contributed by atoms with Crippen LogP contribution in [0.1, 0.15) is 11.5 Å². The van der Waals surface area contributed by atoms with Crippen LogP contribution >= 0.6 is 23.2 Å². The standard InChI is InChI=1S/C21H16Cl2N8O/c22-14-2-3-15(16(23)7-14)20-17(9-29-5-6-31-19(10-29)24-11-26-31)30-8-13(1-4-18(30)27-20)21-25-12-32-28-21/h1-4,7-8,11-12H,5-6,9-10H2. The number of halogens is 2. The molecule has 0 aliphatic carbocycles. The smallest absolute Gasteiger partial charge is 0.214 e. The Bertz CT molecular complexity index is 1430. The highest BCUT2D eigenvalue weighted by atomic mass is 35.5. The fourth-order valence-electron chi connectivity index (χ4n) is 4.03. The maximum absolute atomic E-state index is 6.57. The van der Waals surface area contributed by atoms with Crippen molar-refractivity contribution in [2.45, 2.75) is 19.6 Å². The van der Waals surface area contributed by atoms with Crippen molar-refractivity contribution in [3.63, 3.8) is 0 Å². The van der Waals surface area contributed by atoms with Gasteiger partial charge in [0.05, 0.1) is 29.5 Å². The highest BCUT2D eigenvalue weighted by molar-refractivity contribution is 6.36. The van der Waals surface area contributed by atoms with Crippen LogP contribution in [0.3, 0.4) is 0 Å². The molecule has 1 aromatic carbocycles. The second-order valence-electron chi connectivity index (χ2n) is 7.54. The van der Waals surface area contributed by atoms with Gasteiger partial charge in [0.1, 0.15) is 17.8 Å². The van der Waals surface area contributed by atoms with Crippen molar-refractivity contribution in [3.05, 3.63) is 70.8 Å². The van der Waals surface area contributed by atoms with E-state index in [2.05, 4.69) is 29.5 Å². The lowest BCUT2D eigenvalue weighted by Gasteiger charge is -2.26. The molecule has 0 saturated heterocycles. The molecule has 6 rings (SSSR count). The molecule has 0 atom stereocenters. The van der Waals surface area contributed by atoms with Gasteiger partial charge in [0.15, 0.2) is 0 Å². The van der Waals surface area contributed by atoms with E-state index in [1.807, 2.05) is 35.1 Å². The second-order valence-corrected chi connectivity index (χ2v) is 8.39. The SMILES string of the molecule is Clc1ccc(-c2nc3ccc(-c4ncon4)cn3c2CN2CCn3ncnc3C2)c(Cl)c1. The number of pyridine rings is 1. The third-order valence-electron chi connectivity index (χ3n) is 5.59. The van der Waals surface area contributed by atoms with Crippen molar-refractivity contribution < 1.29 is 4.52 Å². The van der Waals surface area contributed by atoms with Crippen LogP contribution in [0, 0.1) is 0 Å². The topological polar surface area (TPSA) is 90.2 Å². The van der Waals surface area contributed by atoms with Gasteiger partial charge < -0.3 is 8.92 Å². The van der Waals surface area contributed by atoms with Crippen molar-refractivity contribution in [2.75, 3.05) is 6.54 Å². The zero-order chi connectivity index (χ0) is 21.7.